The van der Waals surface area contributed by atoms with Crippen LogP contribution in [-0.4, -0.2) is 31.9 Å². The molecule has 2 aromatic heterocycles. The number of ether oxygens (including phenoxy) is 1. The first-order valence-corrected chi connectivity index (χ1v) is 7.74. The van der Waals surface area contributed by atoms with E-state index in [4.69, 9.17) is 16.2 Å². The van der Waals surface area contributed by atoms with Gasteiger partial charge in [-0.25, -0.2) is 19.4 Å². The Bertz CT molecular complexity index is 680. The van der Waals surface area contributed by atoms with Gasteiger partial charge in [0.2, 0.25) is 0 Å². The summed E-state index contributed by atoms with van der Waals surface area (Å²) in [6.07, 6.45) is 3.90. The molecule has 3 rings (SSSR count). The maximum Gasteiger partial charge on any atom is 0.404 e. The van der Waals surface area contributed by atoms with Crippen molar-refractivity contribution in [3.05, 3.63) is 10.0 Å². The Labute approximate surface area is 134 Å². The molecule has 0 bridgehead atoms. The van der Waals surface area contributed by atoms with Gasteiger partial charge >= 0.3 is 6.09 Å². The molecule has 0 unspecified atom stereocenters. The Kier molecular flexibility index (Phi) is 3.83. The van der Waals surface area contributed by atoms with Gasteiger partial charge < -0.3 is 16.2 Å². The number of fused-ring (bicyclic) bond motifs is 1. The van der Waals surface area contributed by atoms with Crippen molar-refractivity contribution in [3.8, 4) is 0 Å². The smallest absolute Gasteiger partial charge is 0.404 e. The van der Waals surface area contributed by atoms with Crippen LogP contribution in [0.15, 0.2) is 6.33 Å². The zero-order valence-corrected chi connectivity index (χ0v) is 13.4. The predicted octanol–water partition coefficient (Wildman–Crippen LogP) is 1.59. The summed E-state index contributed by atoms with van der Waals surface area (Å²) < 4.78 is 7.76. The molecule has 0 radical (unpaired) electrons. The van der Waals surface area contributed by atoms with Crippen LogP contribution in [-0.2, 0) is 4.74 Å². The Balaban J connectivity index is 1.83. The van der Waals surface area contributed by atoms with Crippen molar-refractivity contribution < 1.29 is 9.53 Å². The lowest BCUT2D eigenvalue weighted by molar-refractivity contribution is 0.0713. The summed E-state index contributed by atoms with van der Waals surface area (Å²) in [6, 6.07) is 0.220. The lowest BCUT2D eigenvalue weighted by atomic mass is 9.93. The minimum absolute atomic E-state index is 0.0978. The predicted molar refractivity (Wildman–Crippen MR) is 84.4 cm³/mol. The van der Waals surface area contributed by atoms with E-state index in [1.165, 1.54) is 6.33 Å². The molecular weight excluding hydrogens is 387 g/mol. The highest BCUT2D eigenvalue weighted by atomic mass is 127. The van der Waals surface area contributed by atoms with E-state index in [-0.39, 0.29) is 12.1 Å². The minimum Gasteiger partial charge on any atom is -0.446 e. The van der Waals surface area contributed by atoms with Crippen LogP contribution in [0.1, 0.15) is 31.7 Å². The van der Waals surface area contributed by atoms with Gasteiger partial charge in [0.25, 0.3) is 0 Å². The Morgan fingerprint density at radius 1 is 1.33 bits per heavy atom. The molecule has 0 atom stereocenters. The summed E-state index contributed by atoms with van der Waals surface area (Å²) >= 11 is 2.14. The number of nitrogens with two attached hydrogens (primary N) is 2. The van der Waals surface area contributed by atoms with E-state index in [1.807, 2.05) is 4.68 Å². The number of rotatable bonds is 2. The first-order chi connectivity index (χ1) is 10.1. The molecule has 1 aliphatic carbocycles. The van der Waals surface area contributed by atoms with Crippen LogP contribution in [0.5, 0.6) is 0 Å². The average molecular weight is 402 g/mol. The largest absolute Gasteiger partial charge is 0.446 e. The monoisotopic (exact) mass is 402 g/mol. The van der Waals surface area contributed by atoms with Gasteiger partial charge in [-0.2, -0.15) is 5.10 Å². The first kappa shape index (κ1) is 14.3. The summed E-state index contributed by atoms with van der Waals surface area (Å²) in [5, 5.41) is 5.35. The normalized spacial score (nSPS) is 22.3. The van der Waals surface area contributed by atoms with Crippen molar-refractivity contribution in [2.75, 3.05) is 5.73 Å². The average Bonchev–Trinajstić information content (AvgIpc) is 2.78. The minimum atomic E-state index is -0.710. The molecule has 1 fully saturated rings. The molecule has 0 aliphatic heterocycles. The van der Waals surface area contributed by atoms with E-state index in [0.29, 0.717) is 5.82 Å². The zero-order valence-electron chi connectivity index (χ0n) is 11.2. The van der Waals surface area contributed by atoms with Crippen molar-refractivity contribution in [1.82, 2.24) is 19.7 Å². The Morgan fingerprint density at radius 3 is 2.71 bits per heavy atom. The van der Waals surface area contributed by atoms with Gasteiger partial charge in [0, 0.05) is 0 Å². The third-order valence-electron chi connectivity index (χ3n) is 3.75. The summed E-state index contributed by atoms with van der Waals surface area (Å²) in [6.45, 7) is 0. The lowest BCUT2D eigenvalue weighted by Gasteiger charge is -2.28. The number of amides is 1. The van der Waals surface area contributed by atoms with E-state index in [2.05, 4.69) is 37.7 Å². The number of halogens is 1. The number of carbonyl (C=O) groups excluding carboxylic acids is 1. The topological polar surface area (TPSA) is 122 Å². The highest BCUT2D eigenvalue weighted by Gasteiger charge is 2.27. The molecule has 0 aromatic carbocycles. The van der Waals surface area contributed by atoms with Gasteiger partial charge in [-0.3, -0.25) is 0 Å². The number of primary amides is 1. The van der Waals surface area contributed by atoms with Crippen molar-refractivity contribution in [3.63, 3.8) is 0 Å². The molecule has 9 heteroatoms. The van der Waals surface area contributed by atoms with E-state index >= 15 is 0 Å². The van der Waals surface area contributed by atoms with Gasteiger partial charge in [0.15, 0.2) is 5.65 Å². The van der Waals surface area contributed by atoms with Gasteiger partial charge in [-0.1, -0.05) is 0 Å². The van der Waals surface area contributed by atoms with E-state index in [9.17, 15) is 4.79 Å². The molecule has 1 saturated carbocycles. The second-order valence-electron chi connectivity index (χ2n) is 5.06. The van der Waals surface area contributed by atoms with Crippen LogP contribution in [0.4, 0.5) is 10.6 Å². The number of hydrogen-bond donors (Lipinski definition) is 2. The highest BCUT2D eigenvalue weighted by Crippen LogP contribution is 2.33. The summed E-state index contributed by atoms with van der Waals surface area (Å²) in [5.41, 5.74) is 11.7. The summed E-state index contributed by atoms with van der Waals surface area (Å²) in [7, 11) is 0. The van der Waals surface area contributed by atoms with Crippen LogP contribution in [0.25, 0.3) is 11.0 Å². The standard InChI is InChI=1S/C12H15IN6O2/c13-9-8-10(14)16-5-17-11(8)19(18-9)6-1-3-7(4-2-6)21-12(15)20/h5-7H,1-4H2,(H2,15,20)(H2,14,16,17). The second-order valence-corrected chi connectivity index (χ2v) is 6.08. The Morgan fingerprint density at radius 2 is 2.05 bits per heavy atom. The molecule has 0 spiro atoms. The Hall–Kier alpha value is -1.65. The van der Waals surface area contributed by atoms with E-state index in [0.717, 1.165) is 40.4 Å². The number of nitrogens with zero attached hydrogens (tertiary/aromatic N) is 4. The van der Waals surface area contributed by atoms with E-state index in [1.54, 1.807) is 0 Å². The van der Waals surface area contributed by atoms with Crippen LogP contribution in [0.3, 0.4) is 0 Å². The van der Waals surface area contributed by atoms with Crippen LogP contribution in [0, 0.1) is 3.70 Å². The maximum absolute atomic E-state index is 10.8. The number of hydrogen-bond acceptors (Lipinski definition) is 6. The molecule has 2 aromatic rings. The number of anilines is 1. The summed E-state index contributed by atoms with van der Waals surface area (Å²) in [5.74, 6) is 0.446. The fourth-order valence-electron chi connectivity index (χ4n) is 2.78. The van der Waals surface area contributed by atoms with Crippen LogP contribution >= 0.6 is 22.6 Å². The van der Waals surface area contributed by atoms with Gasteiger partial charge in [-0.15, -0.1) is 0 Å². The molecule has 4 N–H and O–H groups in total. The van der Waals surface area contributed by atoms with Crippen molar-refractivity contribution in [1.29, 1.82) is 0 Å². The van der Waals surface area contributed by atoms with Crippen molar-refractivity contribution in [2.24, 2.45) is 5.73 Å². The van der Waals surface area contributed by atoms with E-state index < -0.39 is 6.09 Å². The molecule has 1 aliphatic rings. The van der Waals surface area contributed by atoms with Gasteiger partial charge in [0.1, 0.15) is 21.9 Å². The number of carbonyl (C=O) groups is 1. The maximum atomic E-state index is 10.8. The third kappa shape index (κ3) is 2.74. The zero-order chi connectivity index (χ0) is 15.0. The van der Waals surface area contributed by atoms with Crippen LogP contribution in [0.2, 0.25) is 0 Å². The van der Waals surface area contributed by atoms with Gasteiger partial charge in [0.05, 0.1) is 11.4 Å². The lowest BCUT2D eigenvalue weighted by Crippen LogP contribution is -2.28. The highest BCUT2D eigenvalue weighted by molar-refractivity contribution is 14.1. The van der Waals surface area contributed by atoms with Crippen molar-refractivity contribution >= 4 is 45.5 Å². The quantitative estimate of drug-likeness (QED) is 0.736. The van der Waals surface area contributed by atoms with Crippen molar-refractivity contribution in [2.45, 2.75) is 37.8 Å². The fraction of sp³-hybridized carbons (Fsp3) is 0.500. The molecule has 0 saturated heterocycles. The molecule has 8 nitrogen and oxygen atoms in total. The third-order valence-corrected chi connectivity index (χ3v) is 4.50. The molecule has 112 valence electrons. The molecule has 1 amide bonds. The number of nitrogen functional groups attached to an aromatic ring is 1. The fourth-order valence-corrected chi connectivity index (χ4v) is 3.53. The second kappa shape index (κ2) is 5.62. The first-order valence-electron chi connectivity index (χ1n) is 6.66. The van der Waals surface area contributed by atoms with Gasteiger partial charge in [-0.05, 0) is 48.3 Å². The number of aromatic nitrogens is 4. The molecule has 21 heavy (non-hydrogen) atoms. The SMILES string of the molecule is NC(=O)OC1CCC(n2nc(I)c3c(N)ncnc32)CC1. The molecule has 2 heterocycles. The van der Waals surface area contributed by atoms with Crippen LogP contribution < -0.4 is 11.5 Å². The summed E-state index contributed by atoms with van der Waals surface area (Å²) in [4.78, 5) is 19.1. The molecular formula is C12H15IN6O2.